The van der Waals surface area contributed by atoms with Gasteiger partial charge >= 0.3 is 12.4 Å². The number of halogens is 7. The van der Waals surface area contributed by atoms with Crippen molar-refractivity contribution in [3.8, 4) is 0 Å². The SMILES string of the molecule is Fc1ccc([C@H](Cc2ccccc2)c2cc(C(F)(F)F)cc(C(F)(F)F)c2)cc1. The highest BCUT2D eigenvalue weighted by molar-refractivity contribution is 5.41. The average molecular weight is 412 g/mol. The van der Waals surface area contributed by atoms with Crippen molar-refractivity contribution in [2.75, 3.05) is 0 Å². The van der Waals surface area contributed by atoms with Crippen molar-refractivity contribution in [3.05, 3.63) is 106 Å². The molecule has 29 heavy (non-hydrogen) atoms. The summed E-state index contributed by atoms with van der Waals surface area (Å²) in [6.07, 6.45) is -9.71. The van der Waals surface area contributed by atoms with Crippen molar-refractivity contribution in [3.63, 3.8) is 0 Å². The molecule has 0 fully saturated rings. The molecule has 0 spiro atoms. The van der Waals surface area contributed by atoms with E-state index < -0.39 is 35.2 Å². The zero-order chi connectivity index (χ0) is 21.2. The van der Waals surface area contributed by atoms with E-state index in [4.69, 9.17) is 0 Å². The molecule has 0 bridgehead atoms. The fraction of sp³-hybridized carbons (Fsp3) is 0.182. The minimum Gasteiger partial charge on any atom is -0.207 e. The van der Waals surface area contributed by atoms with Gasteiger partial charge < -0.3 is 0 Å². The van der Waals surface area contributed by atoms with Crippen molar-refractivity contribution in [2.24, 2.45) is 0 Å². The van der Waals surface area contributed by atoms with Crippen LogP contribution in [0.4, 0.5) is 30.7 Å². The largest absolute Gasteiger partial charge is 0.416 e. The fourth-order valence-corrected chi connectivity index (χ4v) is 3.15. The number of rotatable bonds is 4. The van der Waals surface area contributed by atoms with Crippen LogP contribution in [0.1, 0.15) is 33.7 Å². The minimum absolute atomic E-state index is 0.105. The van der Waals surface area contributed by atoms with E-state index in [0.717, 1.165) is 29.8 Å². The average Bonchev–Trinajstić information content (AvgIpc) is 2.66. The monoisotopic (exact) mass is 412 g/mol. The summed E-state index contributed by atoms with van der Waals surface area (Å²) in [6, 6.07) is 15.2. The molecule has 3 rings (SSSR count). The molecular formula is C22H15F7. The molecular weight excluding hydrogens is 397 g/mol. The molecule has 7 heteroatoms. The van der Waals surface area contributed by atoms with Crippen LogP contribution < -0.4 is 0 Å². The van der Waals surface area contributed by atoms with Crippen LogP contribution in [0.25, 0.3) is 0 Å². The van der Waals surface area contributed by atoms with Gasteiger partial charge in [-0.15, -0.1) is 0 Å². The van der Waals surface area contributed by atoms with Gasteiger partial charge in [0.1, 0.15) is 5.82 Å². The summed E-state index contributed by atoms with van der Waals surface area (Å²) in [6.45, 7) is 0. The summed E-state index contributed by atoms with van der Waals surface area (Å²) in [7, 11) is 0. The van der Waals surface area contributed by atoms with Crippen molar-refractivity contribution in [2.45, 2.75) is 24.7 Å². The van der Waals surface area contributed by atoms with Crippen LogP contribution in [0, 0.1) is 5.82 Å². The van der Waals surface area contributed by atoms with Crippen molar-refractivity contribution < 1.29 is 30.7 Å². The Bertz CT molecular complexity index is 923. The van der Waals surface area contributed by atoms with Crippen LogP contribution in [0.15, 0.2) is 72.8 Å². The number of hydrogen-bond donors (Lipinski definition) is 0. The maximum atomic E-state index is 13.3. The Hall–Kier alpha value is -2.83. The Morgan fingerprint density at radius 2 is 1.14 bits per heavy atom. The van der Waals surface area contributed by atoms with E-state index in [1.54, 1.807) is 30.3 Å². The highest BCUT2D eigenvalue weighted by Gasteiger charge is 2.37. The first-order chi connectivity index (χ1) is 13.5. The van der Waals surface area contributed by atoms with Crippen LogP contribution in [-0.4, -0.2) is 0 Å². The number of alkyl halides is 6. The van der Waals surface area contributed by atoms with Crippen LogP contribution in [0.3, 0.4) is 0 Å². The zero-order valence-electron chi connectivity index (χ0n) is 14.9. The standard InChI is InChI=1S/C22H15F7/c23-19-8-6-15(7-9-19)20(10-14-4-2-1-3-5-14)16-11-17(21(24,25)26)13-18(12-16)22(27,28)29/h1-9,11-13,20H,10H2/t20-/m0/s1. The molecule has 0 radical (unpaired) electrons. The first kappa shape index (κ1) is 20.9. The highest BCUT2D eigenvalue weighted by Crippen LogP contribution is 2.39. The molecule has 0 saturated carbocycles. The minimum atomic E-state index is -4.93. The van der Waals surface area contributed by atoms with Crippen LogP contribution in [0.2, 0.25) is 0 Å². The van der Waals surface area contributed by atoms with Gasteiger partial charge in [0.2, 0.25) is 0 Å². The second kappa shape index (κ2) is 7.89. The van der Waals surface area contributed by atoms with Crippen molar-refractivity contribution >= 4 is 0 Å². The highest BCUT2D eigenvalue weighted by atomic mass is 19.4. The quantitative estimate of drug-likeness (QED) is 0.396. The normalized spacial score (nSPS) is 13.3. The van der Waals surface area contributed by atoms with Gasteiger partial charge in [0.15, 0.2) is 0 Å². The molecule has 0 nitrogen and oxygen atoms in total. The van der Waals surface area contributed by atoms with Gasteiger partial charge in [0.25, 0.3) is 0 Å². The first-order valence-electron chi connectivity index (χ1n) is 8.63. The Labute approximate surface area is 162 Å². The van der Waals surface area contributed by atoms with E-state index in [9.17, 15) is 30.7 Å². The predicted molar refractivity (Wildman–Crippen MR) is 94.8 cm³/mol. The van der Waals surface area contributed by atoms with Crippen molar-refractivity contribution in [1.82, 2.24) is 0 Å². The molecule has 0 aliphatic rings. The van der Waals surface area contributed by atoms with Gasteiger partial charge in [-0.2, -0.15) is 26.3 Å². The third-order valence-electron chi connectivity index (χ3n) is 4.57. The van der Waals surface area contributed by atoms with Crippen LogP contribution >= 0.6 is 0 Å². The lowest BCUT2D eigenvalue weighted by atomic mass is 9.84. The molecule has 1 atom stereocenters. The van der Waals surface area contributed by atoms with Gasteiger partial charge in [0, 0.05) is 5.92 Å². The fourth-order valence-electron chi connectivity index (χ4n) is 3.15. The van der Waals surface area contributed by atoms with Crippen LogP contribution in [-0.2, 0) is 18.8 Å². The first-order valence-corrected chi connectivity index (χ1v) is 8.63. The number of benzene rings is 3. The molecule has 0 aliphatic carbocycles. The van der Waals surface area contributed by atoms with Gasteiger partial charge in [-0.3, -0.25) is 0 Å². The second-order valence-corrected chi connectivity index (χ2v) is 6.63. The topological polar surface area (TPSA) is 0 Å². The summed E-state index contributed by atoms with van der Waals surface area (Å²) in [5, 5.41) is 0. The van der Waals surface area contributed by atoms with E-state index in [0.29, 0.717) is 5.56 Å². The number of hydrogen-bond acceptors (Lipinski definition) is 0. The van der Waals surface area contributed by atoms with E-state index in [1.807, 2.05) is 0 Å². The lowest BCUT2D eigenvalue weighted by Gasteiger charge is -2.22. The molecule has 0 N–H and O–H groups in total. The maximum Gasteiger partial charge on any atom is 0.416 e. The Kier molecular flexibility index (Phi) is 5.68. The molecule has 3 aromatic rings. The molecule has 0 aliphatic heterocycles. The molecule has 0 unspecified atom stereocenters. The zero-order valence-corrected chi connectivity index (χ0v) is 14.9. The molecule has 3 aromatic carbocycles. The maximum absolute atomic E-state index is 13.3. The summed E-state index contributed by atoms with van der Waals surface area (Å²) in [5.74, 6) is -1.37. The van der Waals surface area contributed by atoms with E-state index in [1.165, 1.54) is 12.1 Å². The molecule has 0 amide bonds. The third kappa shape index (κ3) is 5.16. The smallest absolute Gasteiger partial charge is 0.207 e. The van der Waals surface area contributed by atoms with E-state index in [2.05, 4.69) is 0 Å². The summed E-state index contributed by atoms with van der Waals surface area (Å²) in [4.78, 5) is 0. The van der Waals surface area contributed by atoms with Crippen molar-refractivity contribution in [1.29, 1.82) is 0 Å². The summed E-state index contributed by atoms with van der Waals surface area (Å²) < 4.78 is 92.9. The Morgan fingerprint density at radius 1 is 0.621 bits per heavy atom. The van der Waals surface area contributed by atoms with E-state index in [-0.39, 0.29) is 18.1 Å². The lowest BCUT2D eigenvalue weighted by Crippen LogP contribution is -2.14. The lowest BCUT2D eigenvalue weighted by molar-refractivity contribution is -0.143. The molecule has 152 valence electrons. The molecule has 0 aromatic heterocycles. The predicted octanol–water partition coefficient (Wildman–Crippen LogP) is 7.24. The van der Waals surface area contributed by atoms with Gasteiger partial charge in [-0.05, 0) is 53.4 Å². The van der Waals surface area contributed by atoms with Crippen LogP contribution in [0.5, 0.6) is 0 Å². The summed E-state index contributed by atoms with van der Waals surface area (Å²) in [5.41, 5.74) is -1.73. The molecule has 0 saturated heterocycles. The third-order valence-corrected chi connectivity index (χ3v) is 4.57. The van der Waals surface area contributed by atoms with Gasteiger partial charge in [-0.25, -0.2) is 4.39 Å². The Morgan fingerprint density at radius 3 is 1.62 bits per heavy atom. The Balaban J connectivity index is 2.17. The van der Waals surface area contributed by atoms with Gasteiger partial charge in [0.05, 0.1) is 11.1 Å². The second-order valence-electron chi connectivity index (χ2n) is 6.63. The van der Waals surface area contributed by atoms with Gasteiger partial charge in [-0.1, -0.05) is 42.5 Å². The van der Waals surface area contributed by atoms with E-state index >= 15 is 0 Å². The molecule has 0 heterocycles. The summed E-state index contributed by atoms with van der Waals surface area (Å²) >= 11 is 0.